The summed E-state index contributed by atoms with van der Waals surface area (Å²) in [5.41, 5.74) is 1.61. The summed E-state index contributed by atoms with van der Waals surface area (Å²) in [5.74, 6) is -3.65. The van der Waals surface area contributed by atoms with E-state index in [9.17, 15) is 29.4 Å². The van der Waals surface area contributed by atoms with Crippen molar-refractivity contribution in [2.45, 2.75) is 78.3 Å². The quantitative estimate of drug-likeness (QED) is 0.0595. The van der Waals surface area contributed by atoms with Gasteiger partial charge in [-0.3, -0.25) is 9.59 Å². The Morgan fingerprint density at radius 2 is 1.36 bits per heavy atom. The zero-order valence-corrected chi connectivity index (χ0v) is 28.0. The van der Waals surface area contributed by atoms with E-state index in [1.54, 1.807) is 54.7 Å². The lowest BCUT2D eigenvalue weighted by atomic mass is 9.89. The normalized spacial score (nSPS) is 13.7. The summed E-state index contributed by atoms with van der Waals surface area (Å²) in [5, 5.41) is 40.1. The second kappa shape index (κ2) is 18.3. The molecule has 13 heteroatoms. The van der Waals surface area contributed by atoms with E-state index in [1.807, 2.05) is 34.6 Å². The first-order chi connectivity index (χ1) is 22.1. The number of carbonyl (C=O) groups is 4. The number of aliphatic imine (C=N–C) groups is 1. The summed E-state index contributed by atoms with van der Waals surface area (Å²) in [6.07, 6.45) is 5.20. The van der Waals surface area contributed by atoms with Crippen LogP contribution in [0.3, 0.4) is 0 Å². The van der Waals surface area contributed by atoms with Crippen molar-refractivity contribution in [3.05, 3.63) is 71.3 Å². The molecule has 2 rings (SSSR count). The number of nitrogens with zero attached hydrogens (tertiary/aromatic N) is 2. The number of nitrogens with one attached hydrogen (secondary N) is 4. The number of rotatable bonds is 15. The molecule has 0 radical (unpaired) electrons. The molecule has 6 N–H and O–H groups in total. The molecule has 0 aromatic heterocycles. The first-order valence-electron chi connectivity index (χ1n) is 15.1. The highest BCUT2D eigenvalue weighted by molar-refractivity contribution is 6.30. The van der Waals surface area contributed by atoms with Gasteiger partial charge >= 0.3 is 11.9 Å². The van der Waals surface area contributed by atoms with Gasteiger partial charge in [0.15, 0.2) is 0 Å². The van der Waals surface area contributed by atoms with Crippen molar-refractivity contribution >= 4 is 52.7 Å². The van der Waals surface area contributed by atoms with Crippen LogP contribution < -0.4 is 21.3 Å². The lowest BCUT2D eigenvalue weighted by molar-refractivity contribution is -0.142. The number of benzene rings is 2. The van der Waals surface area contributed by atoms with Crippen LogP contribution in [0.5, 0.6) is 0 Å². The van der Waals surface area contributed by atoms with Crippen LogP contribution in [-0.2, 0) is 19.2 Å². The topological polar surface area (TPSA) is 193 Å². The van der Waals surface area contributed by atoms with Gasteiger partial charge in [-0.15, -0.1) is 4.99 Å². The molecular formula is C34H43ClN6O6. The number of carboxylic acids is 2. The number of anilines is 2. The van der Waals surface area contributed by atoms with Gasteiger partial charge in [0.25, 0.3) is 0 Å². The van der Waals surface area contributed by atoms with Crippen LogP contribution in [-0.4, -0.2) is 52.0 Å². The molecule has 0 heterocycles. The standard InChI is InChI=1S/C34H43ClN6O6/c1-21(2)18-26(22-10-14-24(15-11-22)38-33(37-20-36)39-25-16-12-23(35)13-17-25)30(43)41-28(32(46)47)9-7-6-8-27(31(44)45)40-29(42)19-34(3,4)5/h6-7,10-17,21,26-28H,8-9,18-19H2,1-5H3,(H,40,42)(H,41,43)(H,44,45)(H,46,47)(H2,37,38,39). The highest BCUT2D eigenvalue weighted by Crippen LogP contribution is 2.26. The Hall–Kier alpha value is -4.89. The zero-order valence-electron chi connectivity index (χ0n) is 27.2. The van der Waals surface area contributed by atoms with Crippen LogP contribution in [0.1, 0.15) is 71.8 Å². The molecule has 0 fully saturated rings. The predicted molar refractivity (Wildman–Crippen MR) is 182 cm³/mol. The Kier molecular flexibility index (Phi) is 14.9. The molecule has 3 atom stereocenters. The van der Waals surface area contributed by atoms with Gasteiger partial charge in [-0.05, 0) is 72.6 Å². The maximum absolute atomic E-state index is 13.4. The third-order valence-corrected chi connectivity index (χ3v) is 6.97. The number of nitriles is 1. The van der Waals surface area contributed by atoms with E-state index >= 15 is 0 Å². The van der Waals surface area contributed by atoms with Gasteiger partial charge in [-0.25, -0.2) is 9.59 Å². The van der Waals surface area contributed by atoms with Gasteiger partial charge in [0, 0.05) is 22.8 Å². The number of halogens is 1. The Bertz CT molecular complexity index is 1480. The molecule has 2 aromatic carbocycles. The van der Waals surface area contributed by atoms with Crippen molar-refractivity contribution in [1.82, 2.24) is 10.6 Å². The van der Waals surface area contributed by atoms with Crippen molar-refractivity contribution in [3.8, 4) is 6.19 Å². The molecule has 0 aliphatic carbocycles. The van der Waals surface area contributed by atoms with Gasteiger partial charge in [0.2, 0.25) is 24.0 Å². The number of carbonyl (C=O) groups excluding carboxylic acids is 2. The molecule has 2 amide bonds. The maximum atomic E-state index is 13.4. The number of hydrogen-bond acceptors (Lipinski definition) is 6. The summed E-state index contributed by atoms with van der Waals surface area (Å²) >= 11 is 5.94. The largest absolute Gasteiger partial charge is 0.480 e. The fourth-order valence-corrected chi connectivity index (χ4v) is 4.64. The van der Waals surface area contributed by atoms with Gasteiger partial charge in [0.1, 0.15) is 12.1 Å². The van der Waals surface area contributed by atoms with Crippen molar-refractivity contribution in [2.24, 2.45) is 16.3 Å². The minimum absolute atomic E-state index is 0.0438. The highest BCUT2D eigenvalue weighted by atomic mass is 35.5. The lowest BCUT2D eigenvalue weighted by Gasteiger charge is -2.22. The lowest BCUT2D eigenvalue weighted by Crippen LogP contribution is -2.43. The second-order valence-electron chi connectivity index (χ2n) is 12.7. The molecule has 0 aliphatic heterocycles. The number of amides is 2. The van der Waals surface area contributed by atoms with Crippen LogP contribution in [0.15, 0.2) is 65.7 Å². The molecule has 0 bridgehead atoms. The van der Waals surface area contributed by atoms with E-state index < -0.39 is 35.8 Å². The Morgan fingerprint density at radius 1 is 0.872 bits per heavy atom. The van der Waals surface area contributed by atoms with Crippen molar-refractivity contribution < 1.29 is 29.4 Å². The van der Waals surface area contributed by atoms with Crippen molar-refractivity contribution in [1.29, 1.82) is 5.26 Å². The zero-order chi connectivity index (χ0) is 35.1. The van der Waals surface area contributed by atoms with Crippen LogP contribution in [0, 0.1) is 22.8 Å². The van der Waals surface area contributed by atoms with E-state index in [-0.39, 0.29) is 42.5 Å². The Balaban J connectivity index is 2.10. The minimum Gasteiger partial charge on any atom is -0.480 e. The van der Waals surface area contributed by atoms with Crippen molar-refractivity contribution in [2.75, 3.05) is 10.6 Å². The van der Waals surface area contributed by atoms with Gasteiger partial charge in [-0.2, -0.15) is 5.26 Å². The van der Waals surface area contributed by atoms with E-state index in [0.29, 0.717) is 28.4 Å². The molecular weight excluding hydrogens is 624 g/mol. The molecule has 3 unspecified atom stereocenters. The molecule has 0 aliphatic rings. The molecule has 47 heavy (non-hydrogen) atoms. The van der Waals surface area contributed by atoms with Gasteiger partial charge in [0.05, 0.1) is 5.92 Å². The molecule has 0 saturated carbocycles. The summed E-state index contributed by atoms with van der Waals surface area (Å²) in [6, 6.07) is 11.4. The van der Waals surface area contributed by atoms with Gasteiger partial charge < -0.3 is 31.5 Å². The fourth-order valence-electron chi connectivity index (χ4n) is 4.52. The van der Waals surface area contributed by atoms with Gasteiger partial charge in [-0.1, -0.05) is 70.5 Å². The number of aliphatic carboxylic acids is 2. The summed E-state index contributed by atoms with van der Waals surface area (Å²) in [6.45, 7) is 9.52. The fraction of sp³-hybridized carbons (Fsp3) is 0.412. The van der Waals surface area contributed by atoms with Crippen molar-refractivity contribution in [3.63, 3.8) is 0 Å². The first-order valence-corrected chi connectivity index (χ1v) is 15.5. The molecule has 0 spiro atoms. The molecule has 252 valence electrons. The van der Waals surface area contributed by atoms with E-state index in [2.05, 4.69) is 26.3 Å². The molecule has 12 nitrogen and oxygen atoms in total. The summed E-state index contributed by atoms with van der Waals surface area (Å²) in [4.78, 5) is 53.1. The minimum atomic E-state index is -1.25. The van der Waals surface area contributed by atoms with Crippen LogP contribution in [0.4, 0.5) is 11.4 Å². The first kappa shape index (κ1) is 38.3. The van der Waals surface area contributed by atoms with E-state index in [0.717, 1.165) is 0 Å². The van der Waals surface area contributed by atoms with Crippen LogP contribution in [0.2, 0.25) is 5.02 Å². The third-order valence-electron chi connectivity index (χ3n) is 6.72. The predicted octanol–water partition coefficient (Wildman–Crippen LogP) is 5.74. The Morgan fingerprint density at radius 3 is 1.81 bits per heavy atom. The summed E-state index contributed by atoms with van der Waals surface area (Å²) < 4.78 is 0. The van der Waals surface area contributed by atoms with E-state index in [1.165, 1.54) is 12.2 Å². The smallest absolute Gasteiger partial charge is 0.326 e. The monoisotopic (exact) mass is 666 g/mol. The average molecular weight is 667 g/mol. The second-order valence-corrected chi connectivity index (χ2v) is 13.1. The third kappa shape index (κ3) is 14.4. The number of hydrogen-bond donors (Lipinski definition) is 6. The molecule has 2 aromatic rings. The maximum Gasteiger partial charge on any atom is 0.326 e. The number of carboxylic acid groups (broad SMARTS) is 2. The highest BCUT2D eigenvalue weighted by Gasteiger charge is 2.27. The average Bonchev–Trinajstić information content (AvgIpc) is 2.97. The Labute approximate surface area is 280 Å². The van der Waals surface area contributed by atoms with Crippen LogP contribution in [0.25, 0.3) is 0 Å². The number of guanidine groups is 1. The molecule has 0 saturated heterocycles. The SMILES string of the molecule is CC(C)CC(C(=O)NC(CC=CCC(NC(=O)CC(C)(C)C)C(=O)O)C(=O)O)c1ccc(NC(=NC#N)Nc2ccc(Cl)cc2)cc1. The van der Waals surface area contributed by atoms with Crippen LogP contribution >= 0.6 is 11.6 Å². The summed E-state index contributed by atoms with van der Waals surface area (Å²) in [7, 11) is 0. The van der Waals surface area contributed by atoms with E-state index in [4.69, 9.17) is 16.9 Å².